The van der Waals surface area contributed by atoms with Crippen molar-refractivity contribution in [3.05, 3.63) is 54.9 Å². The van der Waals surface area contributed by atoms with Crippen LogP contribution in [0.4, 0.5) is 5.69 Å². The average Bonchev–Trinajstić information content (AvgIpc) is 3.01. The zero-order valence-electron chi connectivity index (χ0n) is 12.0. The fourth-order valence-corrected chi connectivity index (χ4v) is 2.04. The molecule has 3 rings (SSSR count). The number of fused-ring (bicyclic) bond motifs is 1. The van der Waals surface area contributed by atoms with E-state index >= 15 is 0 Å². The molecule has 112 valence electrons. The highest BCUT2D eigenvalue weighted by atomic mass is 16.5. The van der Waals surface area contributed by atoms with E-state index in [2.05, 4.69) is 10.4 Å². The molecule has 0 fully saturated rings. The third-order valence-electron chi connectivity index (χ3n) is 3.09. The summed E-state index contributed by atoms with van der Waals surface area (Å²) in [6.07, 6.45) is 3.49. The Kier molecular flexibility index (Phi) is 3.91. The minimum absolute atomic E-state index is 0.0718. The van der Waals surface area contributed by atoms with Crippen LogP contribution in [0.5, 0.6) is 11.5 Å². The van der Waals surface area contributed by atoms with Gasteiger partial charge in [-0.1, -0.05) is 6.07 Å². The number of nitrogens with one attached hydrogen (secondary N) is 1. The van der Waals surface area contributed by atoms with Crippen LogP contribution >= 0.6 is 0 Å². The summed E-state index contributed by atoms with van der Waals surface area (Å²) in [7, 11) is 1.58. The summed E-state index contributed by atoms with van der Waals surface area (Å²) >= 11 is 0. The van der Waals surface area contributed by atoms with E-state index in [1.54, 1.807) is 48.3 Å². The molecule has 22 heavy (non-hydrogen) atoms. The Hall–Kier alpha value is -3.02. The van der Waals surface area contributed by atoms with Crippen LogP contribution in [0.1, 0.15) is 0 Å². The smallest absolute Gasteiger partial charge is 0.262 e. The van der Waals surface area contributed by atoms with Gasteiger partial charge in [-0.25, -0.2) is 4.52 Å². The van der Waals surface area contributed by atoms with Gasteiger partial charge in [-0.3, -0.25) is 4.79 Å². The molecule has 1 aromatic carbocycles. The van der Waals surface area contributed by atoms with Crippen LogP contribution < -0.4 is 14.8 Å². The van der Waals surface area contributed by atoms with E-state index in [1.807, 2.05) is 18.2 Å². The van der Waals surface area contributed by atoms with Crippen molar-refractivity contribution in [3.63, 3.8) is 0 Å². The number of pyridine rings is 1. The lowest BCUT2D eigenvalue weighted by atomic mass is 10.3. The number of carbonyl (C=O) groups is 1. The number of hydrogen-bond acceptors (Lipinski definition) is 4. The van der Waals surface area contributed by atoms with Crippen molar-refractivity contribution < 1.29 is 14.3 Å². The fraction of sp³-hybridized carbons (Fsp3) is 0.125. The number of anilines is 1. The first-order chi connectivity index (χ1) is 10.7. The number of amides is 1. The predicted octanol–water partition coefficient (Wildman–Crippen LogP) is 2.36. The molecule has 0 aliphatic carbocycles. The molecule has 2 aromatic heterocycles. The van der Waals surface area contributed by atoms with E-state index in [4.69, 9.17) is 9.47 Å². The maximum absolute atomic E-state index is 11.9. The van der Waals surface area contributed by atoms with Crippen LogP contribution in [0.3, 0.4) is 0 Å². The molecular formula is C16H15N3O3. The summed E-state index contributed by atoms with van der Waals surface area (Å²) in [5.74, 6) is 1.04. The average molecular weight is 297 g/mol. The number of benzene rings is 1. The van der Waals surface area contributed by atoms with Crippen LogP contribution in [0.2, 0.25) is 0 Å². The van der Waals surface area contributed by atoms with Crippen molar-refractivity contribution >= 4 is 17.1 Å². The lowest BCUT2D eigenvalue weighted by molar-refractivity contribution is -0.118. The second-order valence-corrected chi connectivity index (χ2v) is 4.63. The third-order valence-corrected chi connectivity index (χ3v) is 3.09. The highest BCUT2D eigenvalue weighted by Gasteiger charge is 2.05. The van der Waals surface area contributed by atoms with Gasteiger partial charge in [0.1, 0.15) is 11.5 Å². The van der Waals surface area contributed by atoms with Gasteiger partial charge in [0.15, 0.2) is 6.61 Å². The summed E-state index contributed by atoms with van der Waals surface area (Å²) in [6.45, 7) is -0.0718. The van der Waals surface area contributed by atoms with Crippen LogP contribution in [-0.2, 0) is 4.79 Å². The molecule has 2 heterocycles. The Balaban J connectivity index is 1.59. The predicted molar refractivity (Wildman–Crippen MR) is 82.3 cm³/mol. The van der Waals surface area contributed by atoms with Crippen molar-refractivity contribution in [1.29, 1.82) is 0 Å². The van der Waals surface area contributed by atoms with E-state index in [9.17, 15) is 4.79 Å². The maximum atomic E-state index is 11.9. The topological polar surface area (TPSA) is 64.9 Å². The number of carbonyl (C=O) groups excluding carboxylic acids is 1. The summed E-state index contributed by atoms with van der Waals surface area (Å²) in [4.78, 5) is 11.9. The van der Waals surface area contributed by atoms with Gasteiger partial charge in [0.25, 0.3) is 5.91 Å². The molecule has 0 saturated carbocycles. The summed E-state index contributed by atoms with van der Waals surface area (Å²) in [5.41, 5.74) is 1.61. The molecule has 0 radical (unpaired) electrons. The van der Waals surface area contributed by atoms with E-state index in [1.165, 1.54) is 0 Å². The van der Waals surface area contributed by atoms with Gasteiger partial charge in [0, 0.05) is 24.1 Å². The van der Waals surface area contributed by atoms with E-state index < -0.39 is 0 Å². The number of methoxy groups -OCH3 is 1. The highest BCUT2D eigenvalue weighted by Crippen LogP contribution is 2.18. The van der Waals surface area contributed by atoms with Gasteiger partial charge >= 0.3 is 0 Å². The molecule has 0 atom stereocenters. The number of nitrogens with zero attached hydrogens (tertiary/aromatic N) is 2. The molecule has 0 unspecified atom stereocenters. The Morgan fingerprint density at radius 2 is 2.09 bits per heavy atom. The van der Waals surface area contributed by atoms with E-state index in [-0.39, 0.29) is 12.5 Å². The van der Waals surface area contributed by atoms with Gasteiger partial charge in [0.05, 0.1) is 12.6 Å². The largest absolute Gasteiger partial charge is 0.497 e. The molecule has 0 spiro atoms. The Bertz CT molecular complexity index is 798. The molecular weight excluding hydrogens is 282 g/mol. The summed E-state index contributed by atoms with van der Waals surface area (Å²) < 4.78 is 12.3. The standard InChI is InChI=1S/C16H15N3O3/c1-21-14-3-2-4-15(10-14)22-11-16(20)18-12-6-8-19-13(9-12)5-7-17-19/h2-10H,11H2,1H3,(H,18,20). The highest BCUT2D eigenvalue weighted by molar-refractivity contribution is 5.92. The van der Waals surface area contributed by atoms with Gasteiger partial charge in [-0.2, -0.15) is 5.10 Å². The number of aromatic nitrogens is 2. The molecule has 6 nitrogen and oxygen atoms in total. The molecule has 0 bridgehead atoms. The zero-order valence-corrected chi connectivity index (χ0v) is 12.0. The summed E-state index contributed by atoms with van der Waals surface area (Å²) in [6, 6.07) is 12.6. The van der Waals surface area contributed by atoms with Gasteiger partial charge in [0.2, 0.25) is 0 Å². The lowest BCUT2D eigenvalue weighted by Gasteiger charge is -2.08. The van der Waals surface area contributed by atoms with Gasteiger partial charge in [-0.05, 0) is 30.3 Å². The van der Waals surface area contributed by atoms with Crippen molar-refractivity contribution in [2.24, 2.45) is 0 Å². The second kappa shape index (κ2) is 6.17. The minimum atomic E-state index is -0.230. The number of hydrogen-bond donors (Lipinski definition) is 1. The lowest BCUT2D eigenvalue weighted by Crippen LogP contribution is -2.20. The Morgan fingerprint density at radius 1 is 1.23 bits per heavy atom. The quantitative estimate of drug-likeness (QED) is 0.785. The van der Waals surface area contributed by atoms with Crippen molar-refractivity contribution in [1.82, 2.24) is 9.61 Å². The normalized spacial score (nSPS) is 10.4. The monoisotopic (exact) mass is 297 g/mol. The fourth-order valence-electron chi connectivity index (χ4n) is 2.04. The van der Waals surface area contributed by atoms with Crippen molar-refractivity contribution in [2.45, 2.75) is 0 Å². The van der Waals surface area contributed by atoms with E-state index in [0.29, 0.717) is 17.2 Å². The van der Waals surface area contributed by atoms with Crippen LogP contribution in [-0.4, -0.2) is 29.2 Å². The van der Waals surface area contributed by atoms with Gasteiger partial charge in [-0.15, -0.1) is 0 Å². The summed E-state index contributed by atoms with van der Waals surface area (Å²) in [5, 5.41) is 6.89. The molecule has 1 amide bonds. The molecule has 3 aromatic rings. The van der Waals surface area contributed by atoms with E-state index in [0.717, 1.165) is 5.52 Å². The Labute approximate surface area is 127 Å². The third kappa shape index (κ3) is 3.17. The first-order valence-corrected chi connectivity index (χ1v) is 6.75. The molecule has 1 N–H and O–H groups in total. The van der Waals surface area contributed by atoms with Crippen molar-refractivity contribution in [2.75, 3.05) is 19.0 Å². The molecule has 0 saturated heterocycles. The zero-order chi connectivity index (χ0) is 15.4. The number of rotatable bonds is 5. The maximum Gasteiger partial charge on any atom is 0.262 e. The first-order valence-electron chi connectivity index (χ1n) is 6.75. The number of ether oxygens (including phenoxy) is 2. The molecule has 0 aliphatic rings. The van der Waals surface area contributed by atoms with Gasteiger partial charge < -0.3 is 14.8 Å². The van der Waals surface area contributed by atoms with Crippen LogP contribution in [0, 0.1) is 0 Å². The van der Waals surface area contributed by atoms with Crippen molar-refractivity contribution in [3.8, 4) is 11.5 Å². The Morgan fingerprint density at radius 3 is 2.95 bits per heavy atom. The first kappa shape index (κ1) is 13.9. The SMILES string of the molecule is COc1cccc(OCC(=O)Nc2ccn3nccc3c2)c1. The molecule has 0 aliphatic heterocycles. The molecule has 6 heteroatoms. The van der Waals surface area contributed by atoms with Crippen LogP contribution in [0.15, 0.2) is 54.9 Å². The van der Waals surface area contributed by atoms with Crippen LogP contribution in [0.25, 0.3) is 5.52 Å². The second-order valence-electron chi connectivity index (χ2n) is 4.63. The minimum Gasteiger partial charge on any atom is -0.497 e.